The normalized spacial score (nSPS) is 9.65. The van der Waals surface area contributed by atoms with Crippen LogP contribution < -0.4 is 5.32 Å². The quantitative estimate of drug-likeness (QED) is 0.637. The van der Waals surface area contributed by atoms with Gasteiger partial charge in [0.15, 0.2) is 0 Å². The molecule has 1 N–H and O–H groups in total. The number of benzene rings is 2. The molecule has 0 atom stereocenters. The first kappa shape index (κ1) is 17.1. The van der Waals surface area contributed by atoms with Crippen molar-refractivity contribution in [3.63, 3.8) is 0 Å². The maximum absolute atomic E-state index is 11.6. The number of rotatable bonds is 4. The molecule has 0 radical (unpaired) electrons. The number of halogens is 1. The van der Waals surface area contributed by atoms with Gasteiger partial charge in [-0.2, -0.15) is 0 Å². The first-order chi connectivity index (χ1) is 11.1. The molecule has 2 aromatic rings. The van der Waals surface area contributed by atoms with Gasteiger partial charge >= 0.3 is 6.09 Å². The van der Waals surface area contributed by atoms with E-state index in [1.165, 1.54) is 0 Å². The molecule has 0 unspecified atom stereocenters. The van der Waals surface area contributed by atoms with Gasteiger partial charge in [0.2, 0.25) is 0 Å². The number of hydrogen-bond acceptors (Lipinski definition) is 2. The molecule has 2 aromatic carbocycles. The van der Waals surface area contributed by atoms with E-state index in [1.54, 1.807) is 0 Å². The van der Waals surface area contributed by atoms with E-state index in [9.17, 15) is 4.79 Å². The zero-order chi connectivity index (χ0) is 16.5. The Labute approximate surface area is 145 Å². The van der Waals surface area contributed by atoms with Crippen LogP contribution >= 0.6 is 15.9 Å². The van der Waals surface area contributed by atoms with Crippen molar-refractivity contribution >= 4 is 22.0 Å². The predicted molar refractivity (Wildman–Crippen MR) is 95.0 cm³/mol. The molecule has 0 aliphatic rings. The van der Waals surface area contributed by atoms with Crippen molar-refractivity contribution in [3.8, 4) is 11.8 Å². The van der Waals surface area contributed by atoms with Crippen LogP contribution in [-0.4, -0.2) is 12.6 Å². The average Bonchev–Trinajstić information content (AvgIpc) is 2.56. The highest BCUT2D eigenvalue weighted by Crippen LogP contribution is 2.14. The van der Waals surface area contributed by atoms with Crippen molar-refractivity contribution in [1.29, 1.82) is 0 Å². The molecule has 0 spiro atoms. The molecule has 0 aromatic heterocycles. The summed E-state index contributed by atoms with van der Waals surface area (Å²) < 4.78 is 6.13. The van der Waals surface area contributed by atoms with Crippen molar-refractivity contribution in [2.45, 2.75) is 20.0 Å². The molecule has 0 bridgehead atoms. The Morgan fingerprint density at radius 2 is 2.00 bits per heavy atom. The third kappa shape index (κ3) is 6.17. The van der Waals surface area contributed by atoms with Gasteiger partial charge in [-0.15, -0.1) is 0 Å². The Morgan fingerprint density at radius 3 is 2.78 bits per heavy atom. The monoisotopic (exact) mass is 371 g/mol. The number of aryl methyl sites for hydroxylation is 1. The van der Waals surface area contributed by atoms with Crippen molar-refractivity contribution in [2.24, 2.45) is 0 Å². The molecule has 0 fully saturated rings. The van der Waals surface area contributed by atoms with Crippen LogP contribution in [0.15, 0.2) is 53.0 Å². The van der Waals surface area contributed by atoms with Crippen LogP contribution in [0, 0.1) is 18.8 Å². The highest BCUT2D eigenvalue weighted by molar-refractivity contribution is 9.10. The summed E-state index contributed by atoms with van der Waals surface area (Å²) in [5.41, 5.74) is 3.09. The Hall–Kier alpha value is -2.25. The van der Waals surface area contributed by atoms with Crippen molar-refractivity contribution in [2.75, 3.05) is 6.54 Å². The van der Waals surface area contributed by atoms with Crippen LogP contribution in [0.25, 0.3) is 0 Å². The van der Waals surface area contributed by atoms with E-state index < -0.39 is 6.09 Å². The van der Waals surface area contributed by atoms with Crippen LogP contribution in [0.5, 0.6) is 0 Å². The SMILES string of the molecule is Cc1ccc(Br)cc1C#CCCNC(=O)OCc1ccccc1. The van der Waals surface area contributed by atoms with Crippen molar-refractivity contribution in [3.05, 3.63) is 69.7 Å². The van der Waals surface area contributed by atoms with Crippen molar-refractivity contribution in [1.82, 2.24) is 5.32 Å². The summed E-state index contributed by atoms with van der Waals surface area (Å²) in [6.07, 6.45) is 0.154. The average molecular weight is 372 g/mol. The molecule has 0 heterocycles. The Kier molecular flexibility index (Phi) is 6.71. The van der Waals surface area contributed by atoms with Crippen molar-refractivity contribution < 1.29 is 9.53 Å². The van der Waals surface area contributed by atoms with Crippen LogP contribution in [0.4, 0.5) is 4.79 Å². The minimum absolute atomic E-state index is 0.273. The fourth-order valence-electron chi connectivity index (χ4n) is 1.89. The molecule has 4 heteroatoms. The van der Waals surface area contributed by atoms with Gasteiger partial charge in [0.1, 0.15) is 6.61 Å². The lowest BCUT2D eigenvalue weighted by molar-refractivity contribution is 0.140. The van der Waals surface area contributed by atoms with Gasteiger partial charge in [0.25, 0.3) is 0 Å². The van der Waals surface area contributed by atoms with Gasteiger partial charge in [0, 0.05) is 23.0 Å². The van der Waals surface area contributed by atoms with E-state index in [-0.39, 0.29) is 6.61 Å². The molecule has 3 nitrogen and oxygen atoms in total. The van der Waals surface area contributed by atoms with Crippen LogP contribution in [0.2, 0.25) is 0 Å². The Bertz CT molecular complexity index is 717. The predicted octanol–water partition coefficient (Wildman–Crippen LogP) is 4.43. The summed E-state index contributed by atoms with van der Waals surface area (Å²) in [4.78, 5) is 11.6. The number of amides is 1. The molecule has 0 aliphatic carbocycles. The van der Waals surface area contributed by atoms with Gasteiger partial charge in [0.05, 0.1) is 0 Å². The second kappa shape index (κ2) is 9.02. The molecule has 2 rings (SSSR count). The van der Waals surface area contributed by atoms with E-state index in [2.05, 4.69) is 33.1 Å². The summed E-state index contributed by atoms with van der Waals surface area (Å²) in [7, 11) is 0. The van der Waals surface area contributed by atoms with E-state index >= 15 is 0 Å². The molecule has 0 saturated heterocycles. The maximum Gasteiger partial charge on any atom is 0.407 e. The fourth-order valence-corrected chi connectivity index (χ4v) is 2.25. The summed E-state index contributed by atoms with van der Waals surface area (Å²) in [5.74, 6) is 6.17. The number of carbonyl (C=O) groups excluding carboxylic acids is 1. The number of carbonyl (C=O) groups is 1. The summed E-state index contributed by atoms with van der Waals surface area (Å²) in [6, 6.07) is 15.6. The van der Waals surface area contributed by atoms with Gasteiger partial charge in [-0.3, -0.25) is 0 Å². The van der Waals surface area contributed by atoms with E-state index in [0.717, 1.165) is 21.2 Å². The smallest absolute Gasteiger partial charge is 0.407 e. The zero-order valence-corrected chi connectivity index (χ0v) is 14.5. The summed E-state index contributed by atoms with van der Waals surface area (Å²) >= 11 is 3.43. The third-order valence-corrected chi connectivity index (χ3v) is 3.65. The second-order valence-electron chi connectivity index (χ2n) is 5.00. The second-order valence-corrected chi connectivity index (χ2v) is 5.92. The highest BCUT2D eigenvalue weighted by atomic mass is 79.9. The van der Waals surface area contributed by atoms with Crippen LogP contribution in [0.3, 0.4) is 0 Å². The molecule has 0 saturated carbocycles. The lowest BCUT2D eigenvalue weighted by Gasteiger charge is -2.05. The number of hydrogen-bond donors (Lipinski definition) is 1. The molecule has 0 aliphatic heterocycles. The van der Waals surface area contributed by atoms with Gasteiger partial charge in [-0.1, -0.05) is 64.2 Å². The fraction of sp³-hybridized carbons (Fsp3) is 0.211. The summed E-state index contributed by atoms with van der Waals surface area (Å²) in [6.45, 7) is 2.76. The van der Waals surface area contributed by atoms with Gasteiger partial charge in [-0.05, 0) is 30.2 Å². The van der Waals surface area contributed by atoms with Gasteiger partial charge in [-0.25, -0.2) is 4.79 Å². The largest absolute Gasteiger partial charge is 0.445 e. The first-order valence-electron chi connectivity index (χ1n) is 7.35. The minimum Gasteiger partial charge on any atom is -0.445 e. The molecular formula is C19H18BrNO2. The lowest BCUT2D eigenvalue weighted by Crippen LogP contribution is -2.24. The van der Waals surface area contributed by atoms with Crippen LogP contribution in [0.1, 0.15) is 23.1 Å². The molecule has 23 heavy (non-hydrogen) atoms. The van der Waals surface area contributed by atoms with Crippen LogP contribution in [-0.2, 0) is 11.3 Å². The number of nitrogens with one attached hydrogen (secondary N) is 1. The first-order valence-corrected chi connectivity index (χ1v) is 8.14. The topological polar surface area (TPSA) is 38.3 Å². The third-order valence-electron chi connectivity index (χ3n) is 3.15. The van der Waals surface area contributed by atoms with E-state index in [4.69, 9.17) is 4.74 Å². The van der Waals surface area contributed by atoms with Gasteiger partial charge < -0.3 is 10.1 Å². The van der Waals surface area contributed by atoms with E-state index in [1.807, 2.05) is 55.5 Å². The highest BCUT2D eigenvalue weighted by Gasteiger charge is 2.00. The zero-order valence-electron chi connectivity index (χ0n) is 12.9. The lowest BCUT2D eigenvalue weighted by atomic mass is 10.1. The molecular weight excluding hydrogens is 354 g/mol. The Balaban J connectivity index is 1.70. The molecule has 1 amide bonds. The Morgan fingerprint density at radius 1 is 1.22 bits per heavy atom. The minimum atomic E-state index is -0.422. The number of ether oxygens (including phenoxy) is 1. The molecule has 118 valence electrons. The number of alkyl carbamates (subject to hydrolysis) is 1. The standard InChI is InChI=1S/C19H18BrNO2/c1-15-10-11-18(20)13-17(15)9-5-6-12-21-19(22)23-14-16-7-3-2-4-8-16/h2-4,7-8,10-11,13H,6,12,14H2,1H3,(H,21,22). The maximum atomic E-state index is 11.6. The van der Waals surface area contributed by atoms with E-state index in [0.29, 0.717) is 13.0 Å². The summed E-state index contributed by atoms with van der Waals surface area (Å²) in [5, 5.41) is 2.69.